The average molecular weight is 222 g/mol. The third kappa shape index (κ3) is 1.57. The molecule has 5 atom stereocenters. The fourth-order valence-corrected chi connectivity index (χ4v) is 4.57. The lowest BCUT2D eigenvalue weighted by atomic mass is 9.80. The predicted molar refractivity (Wildman–Crippen MR) is 61.8 cm³/mol. The Balaban J connectivity index is 1.61. The molecule has 90 valence electrons. The fourth-order valence-electron chi connectivity index (χ4n) is 4.57. The first-order chi connectivity index (χ1) is 7.79. The number of carbonyl (C=O) groups excluding carboxylic acids is 1. The maximum absolute atomic E-state index is 11.5. The second-order valence-corrected chi connectivity index (χ2v) is 5.93. The van der Waals surface area contributed by atoms with Crippen LogP contribution < -0.4 is 0 Å². The minimum absolute atomic E-state index is 0.0367. The van der Waals surface area contributed by atoms with E-state index in [-0.39, 0.29) is 12.1 Å². The molecule has 0 aromatic carbocycles. The molecule has 3 aliphatic rings. The van der Waals surface area contributed by atoms with E-state index >= 15 is 0 Å². The summed E-state index contributed by atoms with van der Waals surface area (Å²) in [5.74, 6) is 3.54. The molecule has 0 aliphatic heterocycles. The Hall–Kier alpha value is -0.530. The molecule has 3 fully saturated rings. The molecule has 16 heavy (non-hydrogen) atoms. The summed E-state index contributed by atoms with van der Waals surface area (Å²) in [5.41, 5.74) is 0. The van der Waals surface area contributed by atoms with Gasteiger partial charge in [0.25, 0.3) is 0 Å². The van der Waals surface area contributed by atoms with Crippen LogP contribution in [-0.2, 0) is 9.53 Å². The zero-order valence-electron chi connectivity index (χ0n) is 10.2. The smallest absolute Gasteiger partial charge is 0.306 e. The molecule has 0 amide bonds. The first-order valence-corrected chi connectivity index (χ1v) is 6.99. The van der Waals surface area contributed by atoms with E-state index in [1.807, 2.05) is 6.92 Å². The van der Waals surface area contributed by atoms with Gasteiger partial charge in [0, 0.05) is 6.42 Å². The van der Waals surface area contributed by atoms with Crippen molar-refractivity contribution < 1.29 is 9.53 Å². The topological polar surface area (TPSA) is 26.3 Å². The van der Waals surface area contributed by atoms with E-state index < -0.39 is 0 Å². The number of esters is 1. The Morgan fingerprint density at radius 1 is 1.19 bits per heavy atom. The van der Waals surface area contributed by atoms with E-state index in [0.29, 0.717) is 6.42 Å². The molecule has 0 aromatic rings. The normalized spacial score (nSPS) is 44.7. The second kappa shape index (κ2) is 4.05. The summed E-state index contributed by atoms with van der Waals surface area (Å²) in [7, 11) is 0. The van der Waals surface area contributed by atoms with Gasteiger partial charge in [0.15, 0.2) is 0 Å². The number of hydrogen-bond acceptors (Lipinski definition) is 2. The van der Waals surface area contributed by atoms with Crippen LogP contribution in [-0.4, -0.2) is 12.1 Å². The summed E-state index contributed by atoms with van der Waals surface area (Å²) >= 11 is 0. The Bertz CT molecular complexity index is 286. The van der Waals surface area contributed by atoms with Crippen LogP contribution in [0.3, 0.4) is 0 Å². The fraction of sp³-hybridized carbons (Fsp3) is 0.929. The van der Waals surface area contributed by atoms with E-state index in [9.17, 15) is 4.79 Å². The highest BCUT2D eigenvalue weighted by atomic mass is 16.5. The highest BCUT2D eigenvalue weighted by molar-refractivity contribution is 5.69. The van der Waals surface area contributed by atoms with Crippen molar-refractivity contribution in [1.29, 1.82) is 0 Å². The minimum Gasteiger partial charge on any atom is -0.462 e. The maximum atomic E-state index is 11.5. The summed E-state index contributed by atoms with van der Waals surface area (Å²) in [5, 5.41) is 0. The van der Waals surface area contributed by atoms with E-state index in [4.69, 9.17) is 4.74 Å². The van der Waals surface area contributed by atoms with Crippen molar-refractivity contribution in [2.45, 2.75) is 58.0 Å². The van der Waals surface area contributed by atoms with Gasteiger partial charge >= 0.3 is 5.97 Å². The van der Waals surface area contributed by atoms with Gasteiger partial charge in [-0.3, -0.25) is 4.79 Å². The van der Waals surface area contributed by atoms with Crippen LogP contribution in [0.15, 0.2) is 0 Å². The van der Waals surface area contributed by atoms with Crippen LogP contribution in [0.1, 0.15) is 51.9 Å². The summed E-state index contributed by atoms with van der Waals surface area (Å²) in [4.78, 5) is 11.5. The van der Waals surface area contributed by atoms with Gasteiger partial charge in [-0.05, 0) is 55.8 Å². The van der Waals surface area contributed by atoms with Gasteiger partial charge in [-0.2, -0.15) is 0 Å². The van der Waals surface area contributed by atoms with Gasteiger partial charge in [0.1, 0.15) is 6.10 Å². The van der Waals surface area contributed by atoms with Crippen molar-refractivity contribution in [1.82, 2.24) is 0 Å². The number of rotatable bonds is 3. The third-order valence-corrected chi connectivity index (χ3v) is 5.10. The molecule has 3 aliphatic carbocycles. The van der Waals surface area contributed by atoms with Crippen LogP contribution >= 0.6 is 0 Å². The molecule has 0 radical (unpaired) electrons. The Labute approximate surface area is 97.7 Å². The van der Waals surface area contributed by atoms with Crippen molar-refractivity contribution in [2.24, 2.45) is 23.7 Å². The molecule has 3 saturated carbocycles. The van der Waals surface area contributed by atoms with Crippen LogP contribution in [0.25, 0.3) is 0 Å². The van der Waals surface area contributed by atoms with Crippen molar-refractivity contribution in [3.05, 3.63) is 0 Å². The zero-order chi connectivity index (χ0) is 11.1. The van der Waals surface area contributed by atoms with Gasteiger partial charge in [0.05, 0.1) is 0 Å². The van der Waals surface area contributed by atoms with Crippen LogP contribution in [0, 0.1) is 23.7 Å². The molecule has 2 nitrogen and oxygen atoms in total. The highest BCUT2D eigenvalue weighted by Gasteiger charge is 2.54. The lowest BCUT2D eigenvalue weighted by Crippen LogP contribution is -2.32. The first-order valence-electron chi connectivity index (χ1n) is 6.99. The molecule has 0 aromatic heterocycles. The molecule has 2 bridgehead atoms. The van der Waals surface area contributed by atoms with Crippen LogP contribution in [0.4, 0.5) is 0 Å². The van der Waals surface area contributed by atoms with Crippen LogP contribution in [0.5, 0.6) is 0 Å². The molecular weight excluding hydrogens is 200 g/mol. The SMILES string of the molecule is CCCC(=O)OC1CC2CC1C1CCCC21. The molecule has 2 heteroatoms. The molecule has 0 N–H and O–H groups in total. The van der Waals surface area contributed by atoms with Gasteiger partial charge in [-0.15, -0.1) is 0 Å². The largest absolute Gasteiger partial charge is 0.462 e. The van der Waals surface area contributed by atoms with Crippen molar-refractivity contribution >= 4 is 5.97 Å². The van der Waals surface area contributed by atoms with Crippen molar-refractivity contribution in [2.75, 3.05) is 0 Å². The Morgan fingerprint density at radius 2 is 2.00 bits per heavy atom. The Kier molecular flexibility index (Phi) is 2.68. The van der Waals surface area contributed by atoms with Gasteiger partial charge in [0.2, 0.25) is 0 Å². The van der Waals surface area contributed by atoms with Gasteiger partial charge < -0.3 is 4.74 Å². The van der Waals surface area contributed by atoms with E-state index in [2.05, 4.69) is 0 Å². The first kappa shape index (κ1) is 10.6. The van der Waals surface area contributed by atoms with Crippen molar-refractivity contribution in [3.8, 4) is 0 Å². The summed E-state index contributed by atoms with van der Waals surface area (Å²) in [6, 6.07) is 0. The minimum atomic E-state index is 0.0367. The van der Waals surface area contributed by atoms with E-state index in [1.165, 1.54) is 32.1 Å². The predicted octanol–water partition coefficient (Wildman–Crippen LogP) is 3.15. The maximum Gasteiger partial charge on any atom is 0.306 e. The lowest BCUT2D eigenvalue weighted by molar-refractivity contribution is -0.153. The van der Waals surface area contributed by atoms with E-state index in [0.717, 1.165) is 30.1 Å². The number of fused-ring (bicyclic) bond motifs is 5. The molecule has 0 saturated heterocycles. The van der Waals surface area contributed by atoms with Gasteiger partial charge in [-0.1, -0.05) is 13.3 Å². The average Bonchev–Trinajstić information content (AvgIpc) is 2.86. The summed E-state index contributed by atoms with van der Waals surface area (Å²) in [6.45, 7) is 2.04. The zero-order valence-corrected chi connectivity index (χ0v) is 10.2. The Morgan fingerprint density at radius 3 is 2.81 bits per heavy atom. The number of hydrogen-bond donors (Lipinski definition) is 0. The number of ether oxygens (including phenoxy) is 1. The highest BCUT2D eigenvalue weighted by Crippen LogP contribution is 2.59. The molecule has 3 rings (SSSR count). The summed E-state index contributed by atoms with van der Waals surface area (Å²) in [6.07, 6.45) is 8.56. The second-order valence-electron chi connectivity index (χ2n) is 5.93. The summed E-state index contributed by atoms with van der Waals surface area (Å²) < 4.78 is 5.65. The van der Waals surface area contributed by atoms with Crippen molar-refractivity contribution in [3.63, 3.8) is 0 Å². The number of carbonyl (C=O) groups is 1. The lowest BCUT2D eigenvalue weighted by Gasteiger charge is -2.31. The molecule has 0 heterocycles. The van der Waals surface area contributed by atoms with E-state index in [1.54, 1.807) is 0 Å². The molecule has 5 unspecified atom stereocenters. The van der Waals surface area contributed by atoms with Crippen LogP contribution in [0.2, 0.25) is 0 Å². The third-order valence-electron chi connectivity index (χ3n) is 5.10. The molecular formula is C14H22O2. The van der Waals surface area contributed by atoms with Gasteiger partial charge in [-0.25, -0.2) is 0 Å². The molecule has 0 spiro atoms. The quantitative estimate of drug-likeness (QED) is 0.686. The monoisotopic (exact) mass is 222 g/mol. The standard InChI is InChI=1S/C14H22O2/c1-2-4-14(15)16-13-8-9-7-12(13)11-6-3-5-10(9)11/h9-13H,2-8H2,1H3.